The first kappa shape index (κ1) is 25.5. The highest BCUT2D eigenvalue weighted by Crippen LogP contribution is 2.44. The number of hydrogen-bond acceptors (Lipinski definition) is 7. The Morgan fingerprint density at radius 2 is 1.90 bits per heavy atom. The summed E-state index contributed by atoms with van der Waals surface area (Å²) in [4.78, 5) is 14.1. The van der Waals surface area contributed by atoms with Gasteiger partial charge in [-0.25, -0.2) is 14.4 Å². The van der Waals surface area contributed by atoms with Gasteiger partial charge in [-0.05, 0) is 48.6 Å². The van der Waals surface area contributed by atoms with Crippen molar-refractivity contribution in [1.82, 2.24) is 24.8 Å². The van der Waals surface area contributed by atoms with E-state index in [1.807, 2.05) is 30.6 Å². The summed E-state index contributed by atoms with van der Waals surface area (Å²) in [5.41, 5.74) is 2.48. The van der Waals surface area contributed by atoms with Crippen molar-refractivity contribution < 1.29 is 14.2 Å². The zero-order valence-electron chi connectivity index (χ0n) is 22.5. The quantitative estimate of drug-likeness (QED) is 0.319. The molecule has 8 nitrogen and oxygen atoms in total. The van der Waals surface area contributed by atoms with E-state index in [9.17, 15) is 5.11 Å². The van der Waals surface area contributed by atoms with Crippen LogP contribution in [0.2, 0.25) is 5.02 Å². The standard InChI is InChI=1S/C30H30ClFN6O2/c1-36(2)17-13-37(14-17)30-28-29(38(15-34-28)23-11-33-12-24(23)40-3)21-10-22(31)25(26(32)27(21)35-30)20-9-18(39)8-16-6-4-5-7-19(16)20/h4-10,15,17,23-24,33,39H,11-14H2,1-3H3/t23-,24-/m1/s1. The van der Waals surface area contributed by atoms with Crippen LogP contribution in [0.3, 0.4) is 0 Å². The number of ether oxygens (including phenoxy) is 1. The van der Waals surface area contributed by atoms with Crippen LogP contribution in [-0.4, -0.2) is 84.1 Å². The number of anilines is 1. The molecule has 2 aromatic heterocycles. The van der Waals surface area contributed by atoms with E-state index >= 15 is 4.39 Å². The second-order valence-corrected chi connectivity index (χ2v) is 11.4. The largest absolute Gasteiger partial charge is 0.508 e. The van der Waals surface area contributed by atoms with Gasteiger partial charge in [-0.15, -0.1) is 0 Å². The van der Waals surface area contributed by atoms with Crippen molar-refractivity contribution in [1.29, 1.82) is 0 Å². The molecule has 206 valence electrons. The molecule has 5 aromatic rings. The second-order valence-electron chi connectivity index (χ2n) is 11.0. The molecule has 2 aliphatic heterocycles. The minimum atomic E-state index is -0.522. The number of halogens is 2. The van der Waals surface area contributed by atoms with Gasteiger partial charge in [-0.3, -0.25) is 0 Å². The molecular formula is C30H30ClFN6O2. The number of phenolic OH excluding ortho intramolecular Hbond substituents is 1. The van der Waals surface area contributed by atoms with Crippen LogP contribution in [0.25, 0.3) is 43.8 Å². The average molecular weight is 561 g/mol. The first-order valence-electron chi connectivity index (χ1n) is 13.4. The summed E-state index contributed by atoms with van der Waals surface area (Å²) >= 11 is 6.89. The first-order valence-corrected chi connectivity index (χ1v) is 13.8. The first-order chi connectivity index (χ1) is 19.4. The maximum Gasteiger partial charge on any atom is 0.158 e. The third-order valence-electron chi connectivity index (χ3n) is 8.47. The molecule has 4 heterocycles. The van der Waals surface area contributed by atoms with Crippen molar-refractivity contribution in [2.75, 3.05) is 52.3 Å². The summed E-state index contributed by atoms with van der Waals surface area (Å²) in [7, 11) is 5.83. The summed E-state index contributed by atoms with van der Waals surface area (Å²) in [5.74, 6) is 0.181. The monoisotopic (exact) mass is 560 g/mol. The van der Waals surface area contributed by atoms with Gasteiger partial charge in [0.15, 0.2) is 11.6 Å². The van der Waals surface area contributed by atoms with Crippen molar-refractivity contribution in [3.63, 3.8) is 0 Å². The highest BCUT2D eigenvalue weighted by molar-refractivity contribution is 6.35. The van der Waals surface area contributed by atoms with E-state index in [2.05, 4.69) is 33.8 Å². The van der Waals surface area contributed by atoms with Gasteiger partial charge in [0.2, 0.25) is 0 Å². The van der Waals surface area contributed by atoms with E-state index in [-0.39, 0.29) is 34.0 Å². The summed E-state index contributed by atoms with van der Waals surface area (Å²) in [5, 5.41) is 16.3. The van der Waals surface area contributed by atoms with Crippen LogP contribution in [0.1, 0.15) is 6.04 Å². The minimum Gasteiger partial charge on any atom is -0.508 e. The lowest BCUT2D eigenvalue weighted by molar-refractivity contribution is 0.0878. The van der Waals surface area contributed by atoms with E-state index in [0.717, 1.165) is 41.4 Å². The molecule has 7 rings (SSSR count). The Kier molecular flexibility index (Phi) is 6.08. The number of hydrogen-bond donors (Lipinski definition) is 2. The fourth-order valence-electron chi connectivity index (χ4n) is 6.18. The van der Waals surface area contributed by atoms with Crippen LogP contribution in [0.5, 0.6) is 5.75 Å². The van der Waals surface area contributed by atoms with E-state index < -0.39 is 5.82 Å². The summed E-state index contributed by atoms with van der Waals surface area (Å²) in [6.45, 7) is 2.98. The Bertz CT molecular complexity index is 1780. The predicted molar refractivity (Wildman–Crippen MR) is 157 cm³/mol. The van der Waals surface area contributed by atoms with Gasteiger partial charge in [-0.2, -0.15) is 0 Å². The Morgan fingerprint density at radius 3 is 2.67 bits per heavy atom. The molecule has 0 radical (unpaired) electrons. The molecule has 2 fully saturated rings. The van der Waals surface area contributed by atoms with Crippen molar-refractivity contribution in [3.05, 3.63) is 59.6 Å². The molecule has 2 aliphatic rings. The van der Waals surface area contributed by atoms with Gasteiger partial charge in [0.05, 0.1) is 29.0 Å². The number of nitrogens with zero attached hydrogens (tertiary/aromatic N) is 5. The van der Waals surface area contributed by atoms with E-state index in [0.29, 0.717) is 29.4 Å². The lowest BCUT2D eigenvalue weighted by Crippen LogP contribution is -2.57. The molecular weight excluding hydrogens is 531 g/mol. The van der Waals surface area contributed by atoms with Crippen LogP contribution in [0.15, 0.2) is 48.8 Å². The zero-order valence-corrected chi connectivity index (χ0v) is 23.3. The van der Waals surface area contributed by atoms with Crippen molar-refractivity contribution in [2.24, 2.45) is 0 Å². The van der Waals surface area contributed by atoms with Gasteiger partial charge < -0.3 is 29.5 Å². The number of likely N-dealkylation sites (N-methyl/N-ethyl adjacent to an activating group) is 1. The van der Waals surface area contributed by atoms with Crippen LogP contribution in [0.4, 0.5) is 10.2 Å². The highest BCUT2D eigenvalue weighted by Gasteiger charge is 2.35. The number of imidazole rings is 1. The van der Waals surface area contributed by atoms with Crippen LogP contribution >= 0.6 is 11.6 Å². The summed E-state index contributed by atoms with van der Waals surface area (Å²) in [6.07, 6.45) is 1.76. The van der Waals surface area contributed by atoms with Crippen molar-refractivity contribution >= 4 is 50.1 Å². The van der Waals surface area contributed by atoms with Gasteiger partial charge in [0, 0.05) is 50.3 Å². The molecule has 0 saturated carbocycles. The highest BCUT2D eigenvalue weighted by atomic mass is 35.5. The Balaban J connectivity index is 1.51. The normalized spacial score (nSPS) is 19.9. The number of rotatable bonds is 5. The Labute approximate surface area is 235 Å². The fourth-order valence-corrected chi connectivity index (χ4v) is 6.48. The topological polar surface area (TPSA) is 78.7 Å². The van der Waals surface area contributed by atoms with E-state index in [1.165, 1.54) is 0 Å². The molecule has 3 aromatic carbocycles. The van der Waals surface area contributed by atoms with E-state index in [4.69, 9.17) is 26.3 Å². The lowest BCUT2D eigenvalue weighted by Gasteiger charge is -2.43. The number of phenols is 1. The molecule has 10 heteroatoms. The summed E-state index contributed by atoms with van der Waals surface area (Å²) in [6, 6.07) is 12.9. The fraction of sp³-hybridized carbons (Fsp3) is 0.333. The molecule has 2 N–H and O–H groups in total. The number of aromatic hydroxyl groups is 1. The molecule has 2 atom stereocenters. The third-order valence-corrected chi connectivity index (χ3v) is 8.77. The number of methoxy groups -OCH3 is 1. The summed E-state index contributed by atoms with van der Waals surface area (Å²) < 4.78 is 24.7. The Hall–Kier alpha value is -3.50. The van der Waals surface area contributed by atoms with Gasteiger partial charge in [-0.1, -0.05) is 35.9 Å². The second kappa shape index (κ2) is 9.55. The zero-order chi connectivity index (χ0) is 27.7. The predicted octanol–water partition coefficient (Wildman–Crippen LogP) is 4.81. The van der Waals surface area contributed by atoms with Gasteiger partial charge in [0.25, 0.3) is 0 Å². The number of aromatic nitrogens is 3. The van der Waals surface area contributed by atoms with Crippen LogP contribution in [-0.2, 0) is 4.74 Å². The van der Waals surface area contributed by atoms with Gasteiger partial charge in [0.1, 0.15) is 16.8 Å². The van der Waals surface area contributed by atoms with Gasteiger partial charge >= 0.3 is 0 Å². The molecule has 0 bridgehead atoms. The number of pyridine rings is 1. The maximum atomic E-state index is 16.8. The maximum absolute atomic E-state index is 16.8. The lowest BCUT2D eigenvalue weighted by atomic mass is 9.95. The van der Waals surface area contributed by atoms with Crippen molar-refractivity contribution in [2.45, 2.75) is 18.2 Å². The number of nitrogens with one attached hydrogen (secondary N) is 1. The molecule has 2 saturated heterocycles. The third kappa shape index (κ3) is 3.83. The smallest absolute Gasteiger partial charge is 0.158 e. The molecule has 0 unspecified atom stereocenters. The molecule has 40 heavy (non-hydrogen) atoms. The molecule has 0 spiro atoms. The number of benzene rings is 3. The average Bonchev–Trinajstić information content (AvgIpc) is 3.55. The van der Waals surface area contributed by atoms with Crippen LogP contribution in [0, 0.1) is 5.82 Å². The number of fused-ring (bicyclic) bond motifs is 4. The molecule has 0 amide bonds. The van der Waals surface area contributed by atoms with Crippen molar-refractivity contribution in [3.8, 4) is 16.9 Å². The SMILES string of the molecule is CO[C@@H]1CNC[C@H]1n1cnc2c(N3CC(N(C)C)C3)nc3c(F)c(-c4cc(O)cc5ccccc45)c(Cl)cc3c21. The van der Waals surface area contributed by atoms with E-state index in [1.54, 1.807) is 25.3 Å². The Morgan fingerprint density at radius 1 is 1.10 bits per heavy atom. The van der Waals surface area contributed by atoms with Crippen LogP contribution < -0.4 is 10.2 Å². The molecule has 0 aliphatic carbocycles. The minimum absolute atomic E-state index is 0.0177.